The second-order valence-electron chi connectivity index (χ2n) is 11.6. The first-order valence-electron chi connectivity index (χ1n) is 16.7. The molecule has 0 bridgehead atoms. The summed E-state index contributed by atoms with van der Waals surface area (Å²) in [6.45, 7) is 7.03. The van der Waals surface area contributed by atoms with Crippen LogP contribution in [0.15, 0.2) is 60.7 Å². The number of nitrogens with zero attached hydrogens (tertiary/aromatic N) is 1. The van der Waals surface area contributed by atoms with E-state index in [0.717, 1.165) is 0 Å². The van der Waals surface area contributed by atoms with Crippen molar-refractivity contribution < 1.29 is 0 Å². The standard InChI is InChI=1S/C37H61N/c1-3-5-7-9-11-13-15-17-19-27-33-38(34-28-20-18-16-14-12-10-8-6-4-2)37(35-29-23-21-24-30-35)36-31-25-22-26-32-36/h21-26,29-32,37H,3-20,27-28,33-34H2,1-2H3. The van der Waals surface area contributed by atoms with Crippen LogP contribution in [0.2, 0.25) is 0 Å². The van der Waals surface area contributed by atoms with Gasteiger partial charge in [0.2, 0.25) is 0 Å². The Morgan fingerprint density at radius 2 is 0.684 bits per heavy atom. The minimum absolute atomic E-state index is 0.370. The van der Waals surface area contributed by atoms with E-state index in [0.29, 0.717) is 6.04 Å². The molecule has 0 saturated carbocycles. The lowest BCUT2D eigenvalue weighted by Gasteiger charge is -2.33. The van der Waals surface area contributed by atoms with Gasteiger partial charge in [-0.2, -0.15) is 0 Å². The molecule has 1 heteroatoms. The molecule has 2 aromatic carbocycles. The molecule has 0 amide bonds. The molecule has 0 spiro atoms. The van der Waals surface area contributed by atoms with Crippen molar-refractivity contribution in [1.29, 1.82) is 0 Å². The maximum absolute atomic E-state index is 2.81. The van der Waals surface area contributed by atoms with E-state index in [-0.39, 0.29) is 0 Å². The van der Waals surface area contributed by atoms with Gasteiger partial charge < -0.3 is 0 Å². The molecule has 0 N–H and O–H groups in total. The Bertz CT molecular complexity index is 676. The molecule has 0 fully saturated rings. The van der Waals surface area contributed by atoms with Crippen LogP contribution in [-0.4, -0.2) is 18.0 Å². The highest BCUT2D eigenvalue weighted by Gasteiger charge is 2.21. The summed E-state index contributed by atoms with van der Waals surface area (Å²) in [7, 11) is 0. The lowest BCUT2D eigenvalue weighted by molar-refractivity contribution is 0.214. The van der Waals surface area contributed by atoms with E-state index >= 15 is 0 Å². The van der Waals surface area contributed by atoms with E-state index in [1.54, 1.807) is 0 Å². The fraction of sp³-hybridized carbons (Fsp3) is 0.676. The van der Waals surface area contributed by atoms with Crippen LogP contribution in [0, 0.1) is 0 Å². The third kappa shape index (κ3) is 15.1. The predicted molar refractivity (Wildman–Crippen MR) is 170 cm³/mol. The van der Waals surface area contributed by atoms with Gasteiger partial charge in [-0.05, 0) is 37.1 Å². The number of benzene rings is 2. The maximum Gasteiger partial charge on any atom is 0.0601 e. The molecule has 214 valence electrons. The van der Waals surface area contributed by atoms with Crippen LogP contribution in [-0.2, 0) is 0 Å². The molecule has 0 unspecified atom stereocenters. The van der Waals surface area contributed by atoms with Gasteiger partial charge >= 0.3 is 0 Å². The Kier molecular flexibility index (Phi) is 20.0. The molecule has 0 aliphatic rings. The van der Waals surface area contributed by atoms with Crippen LogP contribution in [0.3, 0.4) is 0 Å². The summed E-state index contributed by atoms with van der Waals surface area (Å²) < 4.78 is 0. The first-order chi connectivity index (χ1) is 18.9. The highest BCUT2D eigenvalue weighted by atomic mass is 15.2. The predicted octanol–water partition coefficient (Wildman–Crippen LogP) is 11.9. The summed E-state index contributed by atoms with van der Waals surface area (Å²) in [5.41, 5.74) is 2.88. The van der Waals surface area contributed by atoms with E-state index in [4.69, 9.17) is 0 Å². The summed E-state index contributed by atoms with van der Waals surface area (Å²) in [4.78, 5) is 2.81. The van der Waals surface area contributed by atoms with E-state index in [9.17, 15) is 0 Å². The number of hydrogen-bond donors (Lipinski definition) is 0. The summed E-state index contributed by atoms with van der Waals surface area (Å²) in [6.07, 6.45) is 28.1. The highest BCUT2D eigenvalue weighted by Crippen LogP contribution is 2.29. The van der Waals surface area contributed by atoms with Gasteiger partial charge in [-0.3, -0.25) is 4.90 Å². The first kappa shape index (κ1) is 32.6. The van der Waals surface area contributed by atoms with Crippen LogP contribution < -0.4 is 0 Å². The molecule has 0 aliphatic heterocycles. The molecule has 0 aromatic heterocycles. The Morgan fingerprint density at radius 3 is 1.00 bits per heavy atom. The van der Waals surface area contributed by atoms with Crippen LogP contribution in [0.25, 0.3) is 0 Å². The molecule has 0 aliphatic carbocycles. The summed E-state index contributed by atoms with van der Waals surface area (Å²) in [5.74, 6) is 0. The van der Waals surface area contributed by atoms with Crippen molar-refractivity contribution in [3.8, 4) is 0 Å². The maximum atomic E-state index is 2.81. The zero-order valence-electron chi connectivity index (χ0n) is 25.4. The van der Waals surface area contributed by atoms with Crippen molar-refractivity contribution in [2.75, 3.05) is 13.1 Å². The molecule has 0 radical (unpaired) electrons. The van der Waals surface area contributed by atoms with Crippen LogP contribution in [0.1, 0.15) is 159 Å². The van der Waals surface area contributed by atoms with Crippen molar-refractivity contribution in [3.63, 3.8) is 0 Å². The SMILES string of the molecule is CCCCCCCCCCCCN(CCCCCCCCCCCC)C(c1ccccc1)c1ccccc1. The van der Waals surface area contributed by atoms with Gasteiger partial charge in [-0.15, -0.1) is 0 Å². The van der Waals surface area contributed by atoms with Gasteiger partial charge in [0.1, 0.15) is 0 Å². The lowest BCUT2D eigenvalue weighted by atomic mass is 9.96. The molecule has 0 atom stereocenters. The summed E-state index contributed by atoms with van der Waals surface area (Å²) in [5, 5.41) is 0. The minimum atomic E-state index is 0.370. The van der Waals surface area contributed by atoms with Crippen molar-refractivity contribution >= 4 is 0 Å². The molecular formula is C37H61N. The van der Waals surface area contributed by atoms with Gasteiger partial charge in [0.15, 0.2) is 0 Å². The Hall–Kier alpha value is -1.60. The lowest BCUT2D eigenvalue weighted by Crippen LogP contribution is -2.31. The monoisotopic (exact) mass is 519 g/mol. The molecule has 0 saturated heterocycles. The zero-order chi connectivity index (χ0) is 26.9. The van der Waals surface area contributed by atoms with Crippen molar-refractivity contribution in [1.82, 2.24) is 4.90 Å². The van der Waals surface area contributed by atoms with Gasteiger partial charge in [-0.25, -0.2) is 0 Å². The van der Waals surface area contributed by atoms with Crippen molar-refractivity contribution in [3.05, 3.63) is 71.8 Å². The molecule has 1 nitrogen and oxygen atoms in total. The van der Waals surface area contributed by atoms with Crippen molar-refractivity contribution in [2.24, 2.45) is 0 Å². The Labute approximate surface area is 237 Å². The quantitative estimate of drug-likeness (QED) is 0.118. The van der Waals surface area contributed by atoms with Gasteiger partial charge in [0.25, 0.3) is 0 Å². The van der Waals surface area contributed by atoms with Crippen LogP contribution in [0.4, 0.5) is 0 Å². The zero-order valence-corrected chi connectivity index (χ0v) is 25.4. The molecule has 2 aromatic rings. The summed E-state index contributed by atoms with van der Waals surface area (Å²) in [6, 6.07) is 22.9. The highest BCUT2D eigenvalue weighted by molar-refractivity contribution is 5.31. The molecule has 38 heavy (non-hydrogen) atoms. The number of unbranched alkanes of at least 4 members (excludes halogenated alkanes) is 18. The molecular weight excluding hydrogens is 458 g/mol. The van der Waals surface area contributed by atoms with Gasteiger partial charge in [-0.1, -0.05) is 190 Å². The van der Waals surface area contributed by atoms with E-state index in [1.165, 1.54) is 153 Å². The molecule has 2 rings (SSSR count). The Balaban J connectivity index is 1.84. The largest absolute Gasteiger partial charge is 0.292 e. The average Bonchev–Trinajstić information content (AvgIpc) is 2.96. The fourth-order valence-electron chi connectivity index (χ4n) is 5.86. The average molecular weight is 520 g/mol. The van der Waals surface area contributed by atoms with Crippen molar-refractivity contribution in [2.45, 2.75) is 148 Å². The second kappa shape index (κ2) is 23.3. The van der Waals surface area contributed by atoms with Crippen LogP contribution in [0.5, 0.6) is 0 Å². The molecule has 0 heterocycles. The topological polar surface area (TPSA) is 3.24 Å². The normalized spacial score (nSPS) is 11.6. The van der Waals surface area contributed by atoms with E-state index in [2.05, 4.69) is 79.4 Å². The van der Waals surface area contributed by atoms with Gasteiger partial charge in [0, 0.05) is 0 Å². The smallest absolute Gasteiger partial charge is 0.0601 e. The minimum Gasteiger partial charge on any atom is -0.292 e. The Morgan fingerprint density at radius 1 is 0.395 bits per heavy atom. The van der Waals surface area contributed by atoms with Crippen LogP contribution >= 0.6 is 0 Å². The van der Waals surface area contributed by atoms with Gasteiger partial charge in [0.05, 0.1) is 6.04 Å². The second-order valence-corrected chi connectivity index (χ2v) is 11.6. The first-order valence-corrected chi connectivity index (χ1v) is 16.7. The van der Waals surface area contributed by atoms with E-state index in [1.807, 2.05) is 0 Å². The fourth-order valence-corrected chi connectivity index (χ4v) is 5.86. The number of rotatable bonds is 25. The van der Waals surface area contributed by atoms with E-state index < -0.39 is 0 Å². The summed E-state index contributed by atoms with van der Waals surface area (Å²) >= 11 is 0. The number of hydrogen-bond acceptors (Lipinski definition) is 1. The third-order valence-electron chi connectivity index (χ3n) is 8.19. The third-order valence-corrected chi connectivity index (χ3v) is 8.19.